The van der Waals surface area contributed by atoms with Gasteiger partial charge in [0.05, 0.1) is 25.5 Å². The molecule has 0 unspecified atom stereocenters. The number of ether oxygens (including phenoxy) is 2. The highest BCUT2D eigenvalue weighted by Gasteiger charge is 2.19. The predicted octanol–water partition coefficient (Wildman–Crippen LogP) is 4.77. The van der Waals surface area contributed by atoms with Crippen molar-refractivity contribution < 1.29 is 19.1 Å². The number of hydrogen-bond donors (Lipinski definition) is 3. The van der Waals surface area contributed by atoms with Gasteiger partial charge in [0, 0.05) is 48.1 Å². The number of nitrogens with zero attached hydrogens (tertiary/aromatic N) is 2. The van der Waals surface area contributed by atoms with Crippen molar-refractivity contribution in [2.75, 3.05) is 46.7 Å². The third-order valence-electron chi connectivity index (χ3n) is 6.20. The number of hydrogen-bond acceptors (Lipinski definition) is 6. The van der Waals surface area contributed by atoms with Crippen molar-refractivity contribution in [1.82, 2.24) is 20.2 Å². The minimum absolute atomic E-state index is 0.199. The van der Waals surface area contributed by atoms with Crippen molar-refractivity contribution in [2.45, 2.75) is 6.42 Å². The Morgan fingerprint density at radius 2 is 1.86 bits per heavy atom. The molecule has 0 spiro atoms. The van der Waals surface area contributed by atoms with Crippen LogP contribution in [0.2, 0.25) is 0 Å². The van der Waals surface area contributed by atoms with Gasteiger partial charge in [0.1, 0.15) is 11.4 Å². The van der Waals surface area contributed by atoms with Gasteiger partial charge in [-0.1, -0.05) is 24.3 Å². The third kappa shape index (κ3) is 5.57. The zero-order valence-electron chi connectivity index (χ0n) is 21.4. The van der Waals surface area contributed by atoms with E-state index in [2.05, 4.69) is 20.6 Å². The van der Waals surface area contributed by atoms with Crippen LogP contribution in [-0.2, 0) is 4.74 Å². The van der Waals surface area contributed by atoms with Crippen LogP contribution in [0.4, 0.5) is 10.5 Å². The first-order valence-corrected chi connectivity index (χ1v) is 12.0. The van der Waals surface area contributed by atoms with E-state index in [1.807, 2.05) is 49.6 Å². The predicted molar refractivity (Wildman–Crippen MR) is 145 cm³/mol. The van der Waals surface area contributed by atoms with E-state index in [1.165, 1.54) is 7.11 Å². The Morgan fingerprint density at radius 3 is 2.62 bits per heavy atom. The molecule has 0 saturated carbocycles. The van der Waals surface area contributed by atoms with Crippen LogP contribution < -0.4 is 15.4 Å². The molecule has 9 nitrogen and oxygen atoms in total. The first kappa shape index (κ1) is 25.7. The number of aromatic amines is 1. The van der Waals surface area contributed by atoms with Crippen LogP contribution in [0.1, 0.15) is 16.8 Å². The number of pyridine rings is 1. The summed E-state index contributed by atoms with van der Waals surface area (Å²) < 4.78 is 10.3. The Labute approximate surface area is 215 Å². The van der Waals surface area contributed by atoms with Gasteiger partial charge in [0.2, 0.25) is 0 Å². The first-order valence-electron chi connectivity index (χ1n) is 12.0. The van der Waals surface area contributed by atoms with Crippen LogP contribution in [0.15, 0.2) is 60.9 Å². The van der Waals surface area contributed by atoms with Gasteiger partial charge in [-0.2, -0.15) is 0 Å². The lowest BCUT2D eigenvalue weighted by Crippen LogP contribution is -2.30. The maximum absolute atomic E-state index is 13.4. The summed E-state index contributed by atoms with van der Waals surface area (Å²) >= 11 is 0. The molecule has 0 fully saturated rings. The summed E-state index contributed by atoms with van der Waals surface area (Å²) in [4.78, 5) is 34.8. The topological polar surface area (TPSA) is 109 Å². The molecule has 2 heterocycles. The Hall–Kier alpha value is -4.37. The molecule has 0 radical (unpaired) electrons. The van der Waals surface area contributed by atoms with Crippen LogP contribution in [0.3, 0.4) is 0 Å². The Morgan fingerprint density at radius 1 is 1.05 bits per heavy atom. The number of aromatic nitrogens is 2. The Bertz CT molecular complexity index is 1410. The van der Waals surface area contributed by atoms with Gasteiger partial charge in [-0.25, -0.2) is 9.78 Å². The fraction of sp³-hybridized carbons (Fsp3) is 0.250. The average molecular weight is 502 g/mol. The molecule has 0 saturated heterocycles. The molecular weight excluding hydrogens is 470 g/mol. The van der Waals surface area contributed by atoms with Crippen molar-refractivity contribution in [3.63, 3.8) is 0 Å². The van der Waals surface area contributed by atoms with Crippen LogP contribution >= 0.6 is 0 Å². The molecule has 4 rings (SSSR count). The number of fused-ring (bicyclic) bond motifs is 1. The van der Waals surface area contributed by atoms with Gasteiger partial charge in [0.15, 0.2) is 0 Å². The lowest BCUT2D eigenvalue weighted by atomic mass is 9.99. The number of para-hydroxylation sites is 1. The van der Waals surface area contributed by atoms with E-state index in [4.69, 9.17) is 9.47 Å². The fourth-order valence-corrected chi connectivity index (χ4v) is 4.22. The molecule has 192 valence electrons. The molecule has 4 aromatic rings. The summed E-state index contributed by atoms with van der Waals surface area (Å²) in [5.74, 6) is 0.566. The van der Waals surface area contributed by atoms with E-state index < -0.39 is 6.09 Å². The normalized spacial score (nSPS) is 10.8. The van der Waals surface area contributed by atoms with Gasteiger partial charge < -0.3 is 24.7 Å². The molecule has 9 heteroatoms. The number of nitrogens with one attached hydrogen (secondary N) is 3. The number of carbonyl (C=O) groups is 2. The number of rotatable bonds is 9. The van der Waals surface area contributed by atoms with Crippen LogP contribution in [0, 0.1) is 0 Å². The van der Waals surface area contributed by atoms with Crippen LogP contribution in [0.25, 0.3) is 33.3 Å². The van der Waals surface area contributed by atoms with Gasteiger partial charge in [-0.05, 0) is 49.8 Å². The second-order valence-corrected chi connectivity index (χ2v) is 8.58. The van der Waals surface area contributed by atoms with Gasteiger partial charge in [0.25, 0.3) is 5.91 Å². The summed E-state index contributed by atoms with van der Waals surface area (Å²) in [5.41, 5.74) is 5.04. The molecule has 2 aromatic carbocycles. The van der Waals surface area contributed by atoms with E-state index in [0.29, 0.717) is 17.8 Å². The summed E-state index contributed by atoms with van der Waals surface area (Å²) in [7, 11) is 6.56. The third-order valence-corrected chi connectivity index (χ3v) is 6.20. The number of amides is 2. The summed E-state index contributed by atoms with van der Waals surface area (Å²) in [5, 5.41) is 6.67. The van der Waals surface area contributed by atoms with E-state index in [9.17, 15) is 9.59 Å². The van der Waals surface area contributed by atoms with Crippen molar-refractivity contribution in [3.8, 4) is 28.0 Å². The fourth-order valence-electron chi connectivity index (χ4n) is 4.22. The molecule has 0 aliphatic carbocycles. The Kier molecular flexibility index (Phi) is 8.05. The van der Waals surface area contributed by atoms with E-state index in [1.54, 1.807) is 37.4 Å². The molecule has 3 N–H and O–H groups in total. The highest BCUT2D eigenvalue weighted by Crippen LogP contribution is 2.36. The maximum atomic E-state index is 13.4. The minimum atomic E-state index is -0.642. The lowest BCUT2D eigenvalue weighted by Gasteiger charge is -2.20. The number of anilines is 1. The van der Waals surface area contributed by atoms with E-state index >= 15 is 0 Å². The zero-order chi connectivity index (χ0) is 26.4. The van der Waals surface area contributed by atoms with Crippen molar-refractivity contribution in [2.24, 2.45) is 0 Å². The minimum Gasteiger partial charge on any atom is -0.496 e. The molecular formula is C28H31N5O4. The quantitative estimate of drug-likeness (QED) is 0.285. The molecule has 0 aliphatic rings. The average Bonchev–Trinajstić information content (AvgIpc) is 3.36. The van der Waals surface area contributed by atoms with Gasteiger partial charge in [-0.3, -0.25) is 10.1 Å². The highest BCUT2D eigenvalue weighted by atomic mass is 16.5. The largest absolute Gasteiger partial charge is 0.496 e. The zero-order valence-corrected chi connectivity index (χ0v) is 21.4. The summed E-state index contributed by atoms with van der Waals surface area (Å²) in [6, 6.07) is 15.2. The van der Waals surface area contributed by atoms with Crippen molar-refractivity contribution in [1.29, 1.82) is 0 Å². The number of H-pyrrole nitrogens is 1. The van der Waals surface area contributed by atoms with Gasteiger partial charge >= 0.3 is 6.09 Å². The Balaban J connectivity index is 1.76. The standard InChI is InChI=1S/C28H31N5O4/c1-29-12-7-13-33(2)27(34)22-14-18(10-11-24(22)32-28(35)37-4)19-15-21-23(17-31-26(21)30-16-19)20-8-5-6-9-25(20)36-3/h5-6,8-11,14-17,29H,7,12-13H2,1-4H3,(H,30,31)(H,32,35). The van der Waals surface area contributed by atoms with Crippen LogP contribution in [-0.4, -0.2) is 68.3 Å². The first-order chi connectivity index (χ1) is 18.0. The maximum Gasteiger partial charge on any atom is 0.411 e. The smallest absolute Gasteiger partial charge is 0.411 e. The van der Waals surface area contributed by atoms with E-state index in [0.717, 1.165) is 52.0 Å². The molecule has 0 bridgehead atoms. The monoisotopic (exact) mass is 501 g/mol. The summed E-state index contributed by atoms with van der Waals surface area (Å²) in [6.45, 7) is 1.36. The van der Waals surface area contributed by atoms with Crippen molar-refractivity contribution >= 4 is 28.7 Å². The SMILES string of the molecule is CNCCCN(C)C(=O)c1cc(-c2cnc3[nH]cc(-c4ccccc4OC)c3c2)ccc1NC(=O)OC. The van der Waals surface area contributed by atoms with Crippen molar-refractivity contribution in [3.05, 3.63) is 66.5 Å². The number of carbonyl (C=O) groups excluding carboxylic acids is 2. The van der Waals surface area contributed by atoms with E-state index in [-0.39, 0.29) is 5.91 Å². The molecule has 0 aliphatic heterocycles. The second kappa shape index (κ2) is 11.6. The molecule has 2 amide bonds. The summed E-state index contributed by atoms with van der Waals surface area (Å²) in [6.07, 6.45) is 3.84. The molecule has 2 aromatic heterocycles. The second-order valence-electron chi connectivity index (χ2n) is 8.58. The van der Waals surface area contributed by atoms with Gasteiger partial charge in [-0.15, -0.1) is 0 Å². The van der Waals surface area contributed by atoms with Crippen LogP contribution in [0.5, 0.6) is 5.75 Å². The lowest BCUT2D eigenvalue weighted by molar-refractivity contribution is 0.0795. The highest BCUT2D eigenvalue weighted by molar-refractivity contribution is 6.04. The number of benzene rings is 2. The molecule has 37 heavy (non-hydrogen) atoms. The number of methoxy groups -OCH3 is 2. The molecule has 0 atom stereocenters.